The average Bonchev–Trinajstić information content (AvgIpc) is 3.31. The van der Waals surface area contributed by atoms with Crippen LogP contribution in [0.15, 0.2) is 11.5 Å². The number of hydrogen-bond donors (Lipinski definition) is 0. The zero-order chi connectivity index (χ0) is 19.8. The van der Waals surface area contributed by atoms with E-state index in [1.165, 1.54) is 44.0 Å². The van der Waals surface area contributed by atoms with Crippen molar-refractivity contribution < 1.29 is 0 Å². The molecule has 3 rings (SSSR count). The molecule has 1 atom stereocenters. The summed E-state index contributed by atoms with van der Waals surface area (Å²) in [6.07, 6.45) is 4.83. The van der Waals surface area contributed by atoms with Gasteiger partial charge >= 0.3 is 5.70 Å². The van der Waals surface area contributed by atoms with E-state index in [9.17, 15) is 5.26 Å². The van der Waals surface area contributed by atoms with Crippen molar-refractivity contribution in [1.82, 2.24) is 19.6 Å². The summed E-state index contributed by atoms with van der Waals surface area (Å²) in [4.78, 5) is 13.2. The Hall–Kier alpha value is -1.41. The third-order valence-electron chi connectivity index (χ3n) is 6.24. The lowest BCUT2D eigenvalue weighted by Gasteiger charge is -2.29. The van der Waals surface area contributed by atoms with Gasteiger partial charge in [0, 0.05) is 63.4 Å². The van der Waals surface area contributed by atoms with Gasteiger partial charge in [0.15, 0.2) is 0 Å². The molecule has 3 heterocycles. The Morgan fingerprint density at radius 3 is 2.32 bits per heavy atom. The molecular formula is C21H34N6S. The number of nitriles is 1. The van der Waals surface area contributed by atoms with Gasteiger partial charge in [-0.2, -0.15) is 11.8 Å². The molecule has 3 aliphatic heterocycles. The second-order valence-electron chi connectivity index (χ2n) is 8.06. The van der Waals surface area contributed by atoms with Crippen LogP contribution in [-0.2, 0) is 0 Å². The Morgan fingerprint density at radius 1 is 1.07 bits per heavy atom. The monoisotopic (exact) mass is 402 g/mol. The molecule has 0 bridgehead atoms. The average molecular weight is 403 g/mol. The number of likely N-dealkylation sites (tertiary alicyclic amines) is 1. The lowest BCUT2D eigenvalue weighted by molar-refractivity contribution is 0.243. The smallest absolute Gasteiger partial charge is 0.300 e. The first-order valence-corrected chi connectivity index (χ1v) is 11.9. The molecule has 0 N–H and O–H groups in total. The maximum Gasteiger partial charge on any atom is 0.300 e. The van der Waals surface area contributed by atoms with Crippen LogP contribution in [0.3, 0.4) is 0 Å². The molecule has 0 aliphatic carbocycles. The molecule has 0 spiro atoms. The van der Waals surface area contributed by atoms with Gasteiger partial charge in [-0.05, 0) is 45.7 Å². The number of allylic oxidation sites excluding steroid dienone is 1. The molecule has 0 saturated carbocycles. The van der Waals surface area contributed by atoms with Gasteiger partial charge in [0.1, 0.15) is 5.82 Å². The summed E-state index contributed by atoms with van der Waals surface area (Å²) in [5, 5.41) is 9.49. The van der Waals surface area contributed by atoms with E-state index < -0.39 is 0 Å². The predicted octanol–water partition coefficient (Wildman–Crippen LogP) is 2.53. The van der Waals surface area contributed by atoms with E-state index in [1.807, 2.05) is 11.8 Å². The molecule has 7 heteroatoms. The summed E-state index contributed by atoms with van der Waals surface area (Å²) in [6, 6.07) is 2.86. The van der Waals surface area contributed by atoms with Crippen molar-refractivity contribution >= 4 is 11.8 Å². The van der Waals surface area contributed by atoms with Crippen molar-refractivity contribution in [2.75, 3.05) is 70.4 Å². The summed E-state index contributed by atoms with van der Waals surface area (Å²) in [7, 11) is 0. The fourth-order valence-corrected chi connectivity index (χ4v) is 5.59. The molecule has 0 amide bonds. The van der Waals surface area contributed by atoms with E-state index in [0.29, 0.717) is 6.04 Å². The molecular weight excluding hydrogens is 368 g/mol. The van der Waals surface area contributed by atoms with Crippen LogP contribution in [0.5, 0.6) is 0 Å². The maximum atomic E-state index is 9.49. The van der Waals surface area contributed by atoms with E-state index in [2.05, 4.69) is 37.4 Å². The third kappa shape index (κ3) is 5.56. The summed E-state index contributed by atoms with van der Waals surface area (Å²) < 4.78 is 0. The highest BCUT2D eigenvalue weighted by Gasteiger charge is 2.28. The minimum Gasteiger partial charge on any atom is -0.365 e. The normalized spacial score (nSPS) is 25.8. The molecule has 6 nitrogen and oxygen atoms in total. The number of nitrogens with zero attached hydrogens (tertiary/aromatic N) is 6. The summed E-state index contributed by atoms with van der Waals surface area (Å²) >= 11 is 2.05. The molecule has 0 aromatic heterocycles. The molecule has 0 aromatic carbocycles. The van der Waals surface area contributed by atoms with Crippen LogP contribution < -0.4 is 0 Å². The zero-order valence-electron chi connectivity index (χ0n) is 17.3. The summed E-state index contributed by atoms with van der Waals surface area (Å²) in [5.41, 5.74) is 0.265. The fourth-order valence-electron chi connectivity index (χ4n) is 4.61. The van der Waals surface area contributed by atoms with Crippen LogP contribution in [0.1, 0.15) is 32.6 Å². The lowest BCUT2D eigenvalue weighted by atomic mass is 10.2. The highest BCUT2D eigenvalue weighted by molar-refractivity contribution is 7.99. The standard InChI is InChI=1S/C21H34N6S/c1-19-6-3-8-25(19)9-5-11-27-13-12-26(21(27)20(18-22)23-2)10-4-7-24-14-16-28-17-15-24/h19H,3-17H2,1H3/t19-/m0/s1. The Labute approximate surface area is 174 Å². The first kappa shape index (κ1) is 21.3. The minimum absolute atomic E-state index is 0.265. The van der Waals surface area contributed by atoms with Gasteiger partial charge in [0.25, 0.3) is 0 Å². The molecule has 3 aliphatic rings. The fraction of sp³-hybridized carbons (Fsp3) is 0.810. The van der Waals surface area contributed by atoms with Crippen LogP contribution in [0.2, 0.25) is 0 Å². The van der Waals surface area contributed by atoms with Crippen LogP contribution in [0.4, 0.5) is 0 Å². The SMILES string of the molecule is [C-]#[N+]C(C#N)=C1N(CCCN2CCSCC2)CCN1CCCN1CCC[C@@H]1C. The maximum absolute atomic E-state index is 9.49. The van der Waals surface area contributed by atoms with Gasteiger partial charge in [-0.3, -0.25) is 0 Å². The third-order valence-corrected chi connectivity index (χ3v) is 7.18. The number of thioether (sulfide) groups is 1. The number of hydrogen-bond acceptors (Lipinski definition) is 6. The van der Waals surface area contributed by atoms with Crippen molar-refractivity contribution in [3.63, 3.8) is 0 Å². The predicted molar refractivity (Wildman–Crippen MR) is 116 cm³/mol. The minimum atomic E-state index is 0.265. The molecule has 28 heavy (non-hydrogen) atoms. The van der Waals surface area contributed by atoms with Gasteiger partial charge < -0.3 is 19.6 Å². The van der Waals surface area contributed by atoms with Crippen molar-refractivity contribution in [3.8, 4) is 6.07 Å². The van der Waals surface area contributed by atoms with Gasteiger partial charge in [0.05, 0.1) is 12.6 Å². The Kier molecular flexibility index (Phi) is 8.33. The largest absolute Gasteiger partial charge is 0.365 e. The van der Waals surface area contributed by atoms with E-state index in [1.54, 1.807) is 0 Å². The molecule has 0 radical (unpaired) electrons. The Morgan fingerprint density at radius 2 is 1.75 bits per heavy atom. The summed E-state index contributed by atoms with van der Waals surface area (Å²) in [6.45, 7) is 19.4. The zero-order valence-corrected chi connectivity index (χ0v) is 18.1. The van der Waals surface area contributed by atoms with Crippen LogP contribution in [0.25, 0.3) is 4.85 Å². The first-order valence-electron chi connectivity index (χ1n) is 10.8. The lowest BCUT2D eigenvalue weighted by Crippen LogP contribution is -2.35. The topological polar surface area (TPSA) is 41.1 Å². The molecule has 3 fully saturated rings. The molecule has 3 saturated heterocycles. The second-order valence-corrected chi connectivity index (χ2v) is 9.28. The van der Waals surface area contributed by atoms with E-state index in [-0.39, 0.29) is 5.70 Å². The van der Waals surface area contributed by atoms with E-state index in [4.69, 9.17) is 6.57 Å². The van der Waals surface area contributed by atoms with Gasteiger partial charge in [-0.15, -0.1) is 0 Å². The van der Waals surface area contributed by atoms with Crippen molar-refractivity contribution in [1.29, 1.82) is 5.26 Å². The van der Waals surface area contributed by atoms with Crippen LogP contribution in [-0.4, -0.2) is 96.0 Å². The van der Waals surface area contributed by atoms with Gasteiger partial charge in [0.2, 0.25) is 0 Å². The second kappa shape index (κ2) is 11.0. The Bertz CT molecular complexity index is 599. The quantitative estimate of drug-likeness (QED) is 0.459. The van der Waals surface area contributed by atoms with Crippen LogP contribution >= 0.6 is 11.8 Å². The van der Waals surface area contributed by atoms with Crippen molar-refractivity contribution in [2.45, 2.75) is 38.6 Å². The van der Waals surface area contributed by atoms with Gasteiger partial charge in [-0.25, -0.2) is 10.1 Å². The highest BCUT2D eigenvalue weighted by Crippen LogP contribution is 2.24. The van der Waals surface area contributed by atoms with Gasteiger partial charge in [-0.1, -0.05) is 0 Å². The molecule has 154 valence electrons. The summed E-state index contributed by atoms with van der Waals surface area (Å²) in [5.74, 6) is 3.38. The Balaban J connectivity index is 1.51. The van der Waals surface area contributed by atoms with Crippen molar-refractivity contribution in [3.05, 3.63) is 22.9 Å². The van der Waals surface area contributed by atoms with Crippen LogP contribution in [0, 0.1) is 17.9 Å². The molecule has 0 aromatic rings. The first-order chi connectivity index (χ1) is 13.7. The number of rotatable bonds is 8. The van der Waals surface area contributed by atoms with E-state index >= 15 is 0 Å². The molecule has 0 unspecified atom stereocenters. The van der Waals surface area contributed by atoms with Crippen molar-refractivity contribution in [2.24, 2.45) is 0 Å². The van der Waals surface area contributed by atoms with E-state index in [0.717, 1.165) is 57.9 Å². The highest BCUT2D eigenvalue weighted by atomic mass is 32.2.